The summed E-state index contributed by atoms with van der Waals surface area (Å²) in [5.41, 5.74) is 6.63. The third kappa shape index (κ3) is 4.32. The first-order chi connectivity index (χ1) is 13.3. The van der Waals surface area contributed by atoms with E-state index in [2.05, 4.69) is 31.2 Å². The Morgan fingerprint density at radius 1 is 0.630 bits per heavy atom. The molecule has 0 heterocycles. The lowest BCUT2D eigenvalue weighted by atomic mass is 9.99. The van der Waals surface area contributed by atoms with Crippen molar-refractivity contribution in [1.82, 2.24) is 0 Å². The van der Waals surface area contributed by atoms with Gasteiger partial charge in [-0.3, -0.25) is 0 Å². The first-order valence-electron chi connectivity index (χ1n) is 12.2. The normalized spacial score (nSPS) is 24.2. The molecule has 1 heteroatoms. The minimum Gasteiger partial charge on any atom is -0.0620 e. The Bertz CT molecular complexity index is 528. The zero-order chi connectivity index (χ0) is 18.5. The van der Waals surface area contributed by atoms with E-state index in [4.69, 9.17) is 0 Å². The van der Waals surface area contributed by atoms with Crippen LogP contribution in [0.5, 0.6) is 0 Å². The third-order valence-corrected chi connectivity index (χ3v) is 15.0. The standard InChI is InChI=1S/C26H42P/c1-22-13-11-12-14-23(22)21-27(24-15-5-2-6-16-24,25-17-7-3-8-18-25)26-19-9-4-10-20-26/h11-14,24-26H,2-10,15-21H2,1H3/q+1. The lowest BCUT2D eigenvalue weighted by Gasteiger charge is -2.49. The minimum absolute atomic E-state index is 0.971. The summed E-state index contributed by atoms with van der Waals surface area (Å²) in [6.07, 6.45) is 24.7. The quantitative estimate of drug-likeness (QED) is 0.446. The summed E-state index contributed by atoms with van der Waals surface area (Å²) in [4.78, 5) is 0. The molecule has 0 N–H and O–H groups in total. The first kappa shape index (κ1) is 19.9. The molecule has 0 nitrogen and oxygen atoms in total. The summed E-state index contributed by atoms with van der Waals surface area (Å²) in [6.45, 7) is 2.38. The van der Waals surface area contributed by atoms with Crippen molar-refractivity contribution in [3.05, 3.63) is 35.4 Å². The van der Waals surface area contributed by atoms with Gasteiger partial charge >= 0.3 is 0 Å². The third-order valence-electron chi connectivity index (χ3n) is 8.47. The Morgan fingerprint density at radius 3 is 1.44 bits per heavy atom. The van der Waals surface area contributed by atoms with Crippen molar-refractivity contribution in [3.63, 3.8) is 0 Å². The van der Waals surface area contributed by atoms with Crippen LogP contribution in [-0.2, 0) is 6.16 Å². The van der Waals surface area contributed by atoms with Crippen LogP contribution in [-0.4, -0.2) is 17.0 Å². The molecule has 150 valence electrons. The largest absolute Gasteiger partial charge is 0.0853 e. The predicted octanol–water partition coefficient (Wildman–Crippen LogP) is 8.51. The van der Waals surface area contributed by atoms with Gasteiger partial charge in [-0.05, 0) is 95.1 Å². The van der Waals surface area contributed by atoms with Crippen LogP contribution in [0.2, 0.25) is 0 Å². The molecule has 1 aromatic rings. The molecular weight excluding hydrogens is 343 g/mol. The maximum Gasteiger partial charge on any atom is 0.0853 e. The highest BCUT2D eigenvalue weighted by molar-refractivity contribution is 7.77. The molecule has 0 aromatic heterocycles. The Labute approximate surface area is 169 Å². The van der Waals surface area contributed by atoms with Gasteiger partial charge in [0.15, 0.2) is 0 Å². The topological polar surface area (TPSA) is 0 Å². The van der Waals surface area contributed by atoms with E-state index in [0.717, 1.165) is 17.0 Å². The lowest BCUT2D eigenvalue weighted by Crippen LogP contribution is -2.37. The van der Waals surface area contributed by atoms with E-state index in [1.807, 2.05) is 0 Å². The second-order valence-electron chi connectivity index (χ2n) is 9.96. The number of hydrogen-bond acceptors (Lipinski definition) is 0. The first-order valence-corrected chi connectivity index (χ1v) is 14.4. The Balaban J connectivity index is 1.74. The molecule has 3 fully saturated rings. The lowest BCUT2D eigenvalue weighted by molar-refractivity contribution is 0.450. The van der Waals surface area contributed by atoms with Gasteiger partial charge in [0, 0.05) is 7.26 Å². The van der Waals surface area contributed by atoms with Crippen molar-refractivity contribution in [1.29, 1.82) is 0 Å². The second-order valence-corrected chi connectivity index (χ2v) is 14.5. The summed E-state index contributed by atoms with van der Waals surface area (Å²) in [7, 11) is -0.971. The number of hydrogen-bond donors (Lipinski definition) is 0. The fourth-order valence-electron chi connectivity index (χ4n) is 7.05. The summed E-state index contributed by atoms with van der Waals surface area (Å²) < 4.78 is 0. The zero-order valence-electron chi connectivity index (χ0n) is 17.8. The van der Waals surface area contributed by atoms with Crippen LogP contribution in [0.25, 0.3) is 0 Å². The molecule has 27 heavy (non-hydrogen) atoms. The predicted molar refractivity (Wildman–Crippen MR) is 122 cm³/mol. The maximum absolute atomic E-state index is 2.50. The fourth-order valence-corrected chi connectivity index (χ4v) is 14.5. The molecule has 0 bridgehead atoms. The summed E-state index contributed by atoms with van der Waals surface area (Å²) in [5.74, 6) is 0. The van der Waals surface area contributed by atoms with Crippen molar-refractivity contribution in [2.45, 2.75) is 126 Å². The Morgan fingerprint density at radius 2 is 1.04 bits per heavy atom. The molecule has 3 aliphatic rings. The SMILES string of the molecule is Cc1ccccc1C[P+](C1CCCCC1)(C1CCCCC1)C1CCCCC1. The summed E-state index contributed by atoms with van der Waals surface area (Å²) >= 11 is 0. The van der Waals surface area contributed by atoms with Crippen LogP contribution in [0.4, 0.5) is 0 Å². The number of benzene rings is 1. The molecule has 3 saturated carbocycles. The van der Waals surface area contributed by atoms with E-state index >= 15 is 0 Å². The van der Waals surface area contributed by atoms with E-state index in [0.29, 0.717) is 0 Å². The number of aryl methyl sites for hydroxylation is 1. The van der Waals surface area contributed by atoms with Crippen molar-refractivity contribution in [3.8, 4) is 0 Å². The van der Waals surface area contributed by atoms with Crippen molar-refractivity contribution >= 4 is 7.26 Å². The molecule has 0 amide bonds. The molecule has 3 aliphatic carbocycles. The van der Waals surface area contributed by atoms with Gasteiger partial charge in [-0.25, -0.2) is 0 Å². The molecule has 0 unspecified atom stereocenters. The van der Waals surface area contributed by atoms with Gasteiger partial charge in [-0.2, -0.15) is 0 Å². The molecule has 0 aliphatic heterocycles. The zero-order valence-corrected chi connectivity index (χ0v) is 18.7. The molecular formula is C26H42P+. The van der Waals surface area contributed by atoms with E-state index in [1.54, 1.807) is 49.7 Å². The average molecular weight is 386 g/mol. The summed E-state index contributed by atoms with van der Waals surface area (Å²) in [5, 5.41) is 0. The van der Waals surface area contributed by atoms with Gasteiger partial charge in [0.1, 0.15) is 0 Å². The van der Waals surface area contributed by atoms with Crippen molar-refractivity contribution < 1.29 is 0 Å². The molecule has 4 rings (SSSR count). The van der Waals surface area contributed by atoms with E-state index in [1.165, 1.54) is 63.9 Å². The van der Waals surface area contributed by atoms with Gasteiger partial charge in [0.25, 0.3) is 0 Å². The van der Waals surface area contributed by atoms with Crippen LogP contribution >= 0.6 is 7.26 Å². The second kappa shape index (κ2) is 9.43. The van der Waals surface area contributed by atoms with Gasteiger partial charge < -0.3 is 0 Å². The highest BCUT2D eigenvalue weighted by Gasteiger charge is 2.56. The highest BCUT2D eigenvalue weighted by Crippen LogP contribution is 2.78. The molecule has 1 aromatic carbocycles. The van der Waals surface area contributed by atoms with E-state index < -0.39 is 7.26 Å². The van der Waals surface area contributed by atoms with Crippen LogP contribution in [0.15, 0.2) is 24.3 Å². The van der Waals surface area contributed by atoms with E-state index in [9.17, 15) is 0 Å². The van der Waals surface area contributed by atoms with Crippen LogP contribution < -0.4 is 0 Å². The Hall–Kier alpha value is -0.350. The van der Waals surface area contributed by atoms with Crippen molar-refractivity contribution in [2.75, 3.05) is 0 Å². The monoisotopic (exact) mass is 385 g/mol. The molecule has 0 spiro atoms. The van der Waals surface area contributed by atoms with Crippen LogP contribution in [0, 0.1) is 6.92 Å². The van der Waals surface area contributed by atoms with Gasteiger partial charge in [0.2, 0.25) is 0 Å². The Kier molecular flexibility index (Phi) is 6.97. The van der Waals surface area contributed by atoms with Crippen LogP contribution in [0.1, 0.15) is 107 Å². The van der Waals surface area contributed by atoms with Gasteiger partial charge in [-0.15, -0.1) is 0 Å². The minimum atomic E-state index is -0.971. The van der Waals surface area contributed by atoms with Gasteiger partial charge in [0.05, 0.1) is 23.1 Å². The average Bonchev–Trinajstić information content (AvgIpc) is 2.75. The highest BCUT2D eigenvalue weighted by atomic mass is 31.2. The summed E-state index contributed by atoms with van der Waals surface area (Å²) in [6, 6.07) is 9.45. The fraction of sp³-hybridized carbons (Fsp3) is 0.769. The number of rotatable bonds is 5. The molecule has 0 saturated heterocycles. The van der Waals surface area contributed by atoms with Gasteiger partial charge in [-0.1, -0.05) is 43.5 Å². The smallest absolute Gasteiger partial charge is 0.0620 e. The van der Waals surface area contributed by atoms with Crippen LogP contribution in [0.3, 0.4) is 0 Å². The molecule has 0 radical (unpaired) electrons. The molecule has 0 atom stereocenters. The van der Waals surface area contributed by atoms with Crippen molar-refractivity contribution in [2.24, 2.45) is 0 Å². The maximum atomic E-state index is 2.50. The van der Waals surface area contributed by atoms with E-state index in [-0.39, 0.29) is 0 Å².